The minimum absolute atomic E-state index is 0.278. The van der Waals surface area contributed by atoms with Crippen molar-refractivity contribution in [3.63, 3.8) is 0 Å². The van der Waals surface area contributed by atoms with Crippen molar-refractivity contribution in [2.75, 3.05) is 4.90 Å². The van der Waals surface area contributed by atoms with E-state index in [-0.39, 0.29) is 6.04 Å². The van der Waals surface area contributed by atoms with Crippen LogP contribution in [0.2, 0.25) is 0 Å². The van der Waals surface area contributed by atoms with Crippen LogP contribution in [0.5, 0.6) is 0 Å². The first kappa shape index (κ1) is 10.8. The van der Waals surface area contributed by atoms with Crippen LogP contribution in [-0.4, -0.2) is 12.5 Å². The lowest BCUT2D eigenvalue weighted by Crippen LogP contribution is -2.31. The second kappa shape index (κ2) is 5.43. The Morgan fingerprint density at radius 3 is 2.50 bits per heavy atom. The molecule has 1 aromatic carbocycles. The van der Waals surface area contributed by atoms with E-state index in [0.717, 1.165) is 24.9 Å². The van der Waals surface area contributed by atoms with Crippen LogP contribution in [0.3, 0.4) is 0 Å². The molecular weight excluding hydrogens is 174 g/mol. The van der Waals surface area contributed by atoms with Gasteiger partial charge in [0, 0.05) is 11.7 Å². The zero-order valence-corrected chi connectivity index (χ0v) is 8.81. The van der Waals surface area contributed by atoms with Crippen molar-refractivity contribution in [2.45, 2.75) is 32.7 Å². The molecule has 1 atom stereocenters. The van der Waals surface area contributed by atoms with Crippen molar-refractivity contribution < 1.29 is 4.79 Å². The molecule has 0 bridgehead atoms. The number of rotatable bonds is 5. The number of benzene rings is 1. The lowest BCUT2D eigenvalue weighted by molar-refractivity contribution is -0.107. The van der Waals surface area contributed by atoms with Crippen LogP contribution in [-0.2, 0) is 4.79 Å². The normalized spacial score (nSPS) is 12.1. The Morgan fingerprint density at radius 2 is 2.00 bits per heavy atom. The molecule has 1 amide bonds. The maximum absolute atomic E-state index is 10.9. The summed E-state index contributed by atoms with van der Waals surface area (Å²) in [5.74, 6) is 0. The highest BCUT2D eigenvalue weighted by Crippen LogP contribution is 2.16. The zero-order chi connectivity index (χ0) is 10.4. The van der Waals surface area contributed by atoms with Gasteiger partial charge >= 0.3 is 0 Å². The quantitative estimate of drug-likeness (QED) is 0.655. The van der Waals surface area contributed by atoms with Crippen LogP contribution in [0.15, 0.2) is 30.3 Å². The van der Waals surface area contributed by atoms with Gasteiger partial charge in [-0.25, -0.2) is 0 Å². The molecule has 0 saturated carbocycles. The van der Waals surface area contributed by atoms with Crippen molar-refractivity contribution in [1.29, 1.82) is 0 Å². The number of hydrogen-bond donors (Lipinski definition) is 0. The largest absolute Gasteiger partial charge is 0.312 e. The molecule has 0 radical (unpaired) electrons. The van der Waals surface area contributed by atoms with E-state index in [2.05, 4.69) is 13.8 Å². The van der Waals surface area contributed by atoms with Crippen molar-refractivity contribution in [1.82, 2.24) is 0 Å². The predicted octanol–water partition coefficient (Wildman–Crippen LogP) is 2.84. The van der Waals surface area contributed by atoms with Gasteiger partial charge in [0.25, 0.3) is 0 Å². The summed E-state index contributed by atoms with van der Waals surface area (Å²) < 4.78 is 0. The van der Waals surface area contributed by atoms with Gasteiger partial charge in [-0.15, -0.1) is 0 Å². The lowest BCUT2D eigenvalue weighted by atomic mass is 10.1. The minimum Gasteiger partial charge on any atom is -0.312 e. The summed E-state index contributed by atoms with van der Waals surface area (Å²) in [7, 11) is 0. The third kappa shape index (κ3) is 2.59. The van der Waals surface area contributed by atoms with Crippen LogP contribution in [0, 0.1) is 0 Å². The molecule has 0 spiro atoms. The first-order valence-corrected chi connectivity index (χ1v) is 5.08. The summed E-state index contributed by atoms with van der Waals surface area (Å²) in [5.41, 5.74) is 0.975. The van der Waals surface area contributed by atoms with Crippen LogP contribution < -0.4 is 4.90 Å². The molecule has 1 rings (SSSR count). The van der Waals surface area contributed by atoms with Crippen molar-refractivity contribution >= 4 is 12.1 Å². The Bertz CT molecular complexity index is 271. The summed E-state index contributed by atoms with van der Waals surface area (Å²) >= 11 is 0. The molecule has 1 aromatic rings. The standard InChI is InChI=1S/C12H17NO/c1-3-7-11(2)13(10-14)12-8-5-4-6-9-12/h4-6,8-11H,3,7H2,1-2H3. The summed E-state index contributed by atoms with van der Waals surface area (Å²) in [5, 5.41) is 0. The molecule has 0 aromatic heterocycles. The van der Waals surface area contributed by atoms with E-state index in [0.29, 0.717) is 0 Å². The Kier molecular flexibility index (Phi) is 4.17. The summed E-state index contributed by atoms with van der Waals surface area (Å²) in [6, 6.07) is 10.0. The average Bonchev–Trinajstić information content (AvgIpc) is 2.21. The second-order valence-electron chi connectivity index (χ2n) is 3.49. The molecule has 2 heteroatoms. The van der Waals surface area contributed by atoms with E-state index in [1.165, 1.54) is 0 Å². The fourth-order valence-electron chi connectivity index (χ4n) is 1.58. The molecular formula is C12H17NO. The maximum Gasteiger partial charge on any atom is 0.214 e. The van der Waals surface area contributed by atoms with E-state index in [4.69, 9.17) is 0 Å². The molecule has 0 saturated heterocycles. The molecule has 0 aliphatic rings. The van der Waals surface area contributed by atoms with E-state index in [9.17, 15) is 4.79 Å². The SMILES string of the molecule is CCCC(C)N(C=O)c1ccccc1. The molecule has 0 heterocycles. The molecule has 76 valence electrons. The molecule has 0 N–H and O–H groups in total. The Morgan fingerprint density at radius 1 is 1.36 bits per heavy atom. The highest BCUT2D eigenvalue weighted by atomic mass is 16.1. The summed E-state index contributed by atoms with van der Waals surface area (Å²) in [4.78, 5) is 12.7. The first-order valence-electron chi connectivity index (χ1n) is 5.08. The van der Waals surface area contributed by atoms with E-state index in [1.807, 2.05) is 30.3 Å². The van der Waals surface area contributed by atoms with Gasteiger partial charge in [-0.05, 0) is 25.5 Å². The van der Waals surface area contributed by atoms with Gasteiger partial charge in [-0.2, -0.15) is 0 Å². The van der Waals surface area contributed by atoms with Crippen molar-refractivity contribution in [2.24, 2.45) is 0 Å². The van der Waals surface area contributed by atoms with Gasteiger partial charge in [-0.3, -0.25) is 4.79 Å². The van der Waals surface area contributed by atoms with Crippen LogP contribution in [0.1, 0.15) is 26.7 Å². The van der Waals surface area contributed by atoms with Crippen LogP contribution in [0.25, 0.3) is 0 Å². The summed E-state index contributed by atoms with van der Waals surface area (Å²) in [6.07, 6.45) is 3.04. The Labute approximate surface area is 85.5 Å². The smallest absolute Gasteiger partial charge is 0.214 e. The molecule has 0 aliphatic heterocycles. The molecule has 2 nitrogen and oxygen atoms in total. The van der Waals surface area contributed by atoms with Crippen LogP contribution >= 0.6 is 0 Å². The number of hydrogen-bond acceptors (Lipinski definition) is 1. The highest BCUT2D eigenvalue weighted by molar-refractivity contribution is 5.75. The number of nitrogens with zero attached hydrogens (tertiary/aromatic N) is 1. The third-order valence-corrected chi connectivity index (χ3v) is 2.35. The fourth-order valence-corrected chi connectivity index (χ4v) is 1.58. The number of amides is 1. The van der Waals surface area contributed by atoms with Gasteiger partial charge in [0.15, 0.2) is 0 Å². The van der Waals surface area contributed by atoms with Gasteiger partial charge in [0.1, 0.15) is 0 Å². The van der Waals surface area contributed by atoms with E-state index in [1.54, 1.807) is 4.90 Å². The molecule has 14 heavy (non-hydrogen) atoms. The second-order valence-corrected chi connectivity index (χ2v) is 3.49. The van der Waals surface area contributed by atoms with Gasteiger partial charge in [0.05, 0.1) is 0 Å². The van der Waals surface area contributed by atoms with Crippen molar-refractivity contribution in [3.8, 4) is 0 Å². The third-order valence-electron chi connectivity index (χ3n) is 2.35. The van der Waals surface area contributed by atoms with E-state index >= 15 is 0 Å². The topological polar surface area (TPSA) is 20.3 Å². The van der Waals surface area contributed by atoms with Gasteiger partial charge in [-0.1, -0.05) is 31.5 Å². The first-order chi connectivity index (χ1) is 6.79. The van der Waals surface area contributed by atoms with Gasteiger partial charge < -0.3 is 4.90 Å². The molecule has 0 fully saturated rings. The predicted molar refractivity (Wildman–Crippen MR) is 59.4 cm³/mol. The highest BCUT2D eigenvalue weighted by Gasteiger charge is 2.11. The Hall–Kier alpha value is -1.31. The number of para-hydroxylation sites is 1. The number of carbonyl (C=O) groups excluding carboxylic acids is 1. The molecule has 0 aliphatic carbocycles. The fraction of sp³-hybridized carbons (Fsp3) is 0.417. The number of anilines is 1. The lowest BCUT2D eigenvalue weighted by Gasteiger charge is -2.24. The average molecular weight is 191 g/mol. The monoisotopic (exact) mass is 191 g/mol. The maximum atomic E-state index is 10.9. The van der Waals surface area contributed by atoms with Crippen LogP contribution in [0.4, 0.5) is 5.69 Å². The zero-order valence-electron chi connectivity index (χ0n) is 8.81. The van der Waals surface area contributed by atoms with E-state index < -0.39 is 0 Å². The van der Waals surface area contributed by atoms with Crippen molar-refractivity contribution in [3.05, 3.63) is 30.3 Å². The number of carbonyl (C=O) groups is 1. The Balaban J connectivity index is 2.76. The molecule has 1 unspecified atom stereocenters. The minimum atomic E-state index is 0.278. The summed E-state index contributed by atoms with van der Waals surface area (Å²) in [6.45, 7) is 4.20. The van der Waals surface area contributed by atoms with Gasteiger partial charge in [0.2, 0.25) is 6.41 Å².